The van der Waals surface area contributed by atoms with Crippen LogP contribution in [-0.4, -0.2) is 25.6 Å². The van der Waals surface area contributed by atoms with Crippen molar-refractivity contribution >= 4 is 0 Å². The van der Waals surface area contributed by atoms with Gasteiger partial charge in [0.2, 0.25) is 0 Å². The van der Waals surface area contributed by atoms with Crippen molar-refractivity contribution in [3.8, 4) is 0 Å². The van der Waals surface area contributed by atoms with E-state index in [1.54, 1.807) is 7.05 Å². The highest BCUT2D eigenvalue weighted by Crippen LogP contribution is 2.47. The van der Waals surface area contributed by atoms with E-state index in [0.717, 1.165) is 0 Å². The van der Waals surface area contributed by atoms with E-state index < -0.39 is 11.8 Å². The summed E-state index contributed by atoms with van der Waals surface area (Å²) < 4.78 is 41.7. The van der Waals surface area contributed by atoms with Crippen LogP contribution in [0.25, 0.3) is 0 Å². The lowest BCUT2D eigenvalue weighted by molar-refractivity contribution is -0.305. The molecular weight excluding hydrogens is 171 g/mol. The summed E-state index contributed by atoms with van der Waals surface area (Å²) in [6.07, 6.45) is -3.43. The summed E-state index contributed by atoms with van der Waals surface area (Å²) in [5.74, 6) is 0. The topological polar surface area (TPSA) is 21.3 Å². The lowest BCUT2D eigenvalue weighted by Gasteiger charge is -2.42. The third-order valence-electron chi connectivity index (χ3n) is 2.17. The summed E-state index contributed by atoms with van der Waals surface area (Å²) in [5, 5.41) is 2.54. The van der Waals surface area contributed by atoms with Crippen LogP contribution in [-0.2, 0) is 4.74 Å². The molecule has 1 aliphatic rings. The number of alkyl halides is 3. The molecule has 72 valence electrons. The molecule has 0 spiro atoms. The number of nitrogens with one attached hydrogen (secondary N) is 1. The minimum Gasteiger partial charge on any atom is -0.350 e. The van der Waals surface area contributed by atoms with Gasteiger partial charge in [0.25, 0.3) is 0 Å². The van der Waals surface area contributed by atoms with Crippen LogP contribution < -0.4 is 5.32 Å². The molecule has 0 saturated heterocycles. The second-order valence-corrected chi connectivity index (χ2v) is 2.99. The fourth-order valence-corrected chi connectivity index (χ4v) is 1.22. The standard InChI is InChI=1S/C7H12F3NO/c1-11-5-12-6(3-2-4-6)7(8,9)10/h11H,2-5H2,1H3. The highest BCUT2D eigenvalue weighted by atomic mass is 19.4. The van der Waals surface area contributed by atoms with Crippen LogP contribution in [0.15, 0.2) is 0 Å². The van der Waals surface area contributed by atoms with Crippen LogP contribution in [0.1, 0.15) is 19.3 Å². The molecule has 0 amide bonds. The van der Waals surface area contributed by atoms with Gasteiger partial charge >= 0.3 is 6.18 Å². The number of hydrogen-bond acceptors (Lipinski definition) is 2. The maximum Gasteiger partial charge on any atom is 0.417 e. The van der Waals surface area contributed by atoms with Crippen molar-refractivity contribution in [2.24, 2.45) is 0 Å². The maximum atomic E-state index is 12.3. The van der Waals surface area contributed by atoms with Crippen molar-refractivity contribution in [1.29, 1.82) is 0 Å². The van der Waals surface area contributed by atoms with Gasteiger partial charge in [0, 0.05) is 0 Å². The van der Waals surface area contributed by atoms with E-state index in [9.17, 15) is 13.2 Å². The Morgan fingerprint density at radius 3 is 2.25 bits per heavy atom. The SMILES string of the molecule is CNCOC1(C(F)(F)F)CCC1. The normalized spacial score (nSPS) is 22.0. The zero-order valence-electron chi connectivity index (χ0n) is 6.87. The van der Waals surface area contributed by atoms with Crippen LogP contribution >= 0.6 is 0 Å². The molecule has 0 atom stereocenters. The van der Waals surface area contributed by atoms with E-state index >= 15 is 0 Å². The van der Waals surface area contributed by atoms with E-state index in [0.29, 0.717) is 6.42 Å². The Kier molecular flexibility index (Phi) is 2.63. The van der Waals surface area contributed by atoms with E-state index in [4.69, 9.17) is 4.74 Å². The zero-order chi connectivity index (χ0) is 9.24. The fourth-order valence-electron chi connectivity index (χ4n) is 1.22. The van der Waals surface area contributed by atoms with Gasteiger partial charge in [-0.3, -0.25) is 5.32 Å². The van der Waals surface area contributed by atoms with Crippen molar-refractivity contribution < 1.29 is 17.9 Å². The zero-order valence-corrected chi connectivity index (χ0v) is 6.87. The van der Waals surface area contributed by atoms with Crippen molar-refractivity contribution in [3.05, 3.63) is 0 Å². The van der Waals surface area contributed by atoms with Crippen molar-refractivity contribution in [2.45, 2.75) is 31.0 Å². The molecule has 12 heavy (non-hydrogen) atoms. The number of hydrogen-bond donors (Lipinski definition) is 1. The third-order valence-corrected chi connectivity index (χ3v) is 2.17. The molecule has 0 aromatic heterocycles. The largest absolute Gasteiger partial charge is 0.417 e. The molecule has 0 bridgehead atoms. The van der Waals surface area contributed by atoms with Crippen LogP contribution in [0.2, 0.25) is 0 Å². The molecular formula is C7H12F3NO. The molecule has 0 aromatic carbocycles. The van der Waals surface area contributed by atoms with Crippen LogP contribution in [0, 0.1) is 0 Å². The smallest absolute Gasteiger partial charge is 0.350 e. The summed E-state index contributed by atoms with van der Waals surface area (Å²) in [4.78, 5) is 0. The first kappa shape index (κ1) is 9.80. The second-order valence-electron chi connectivity index (χ2n) is 2.99. The highest BCUT2D eigenvalue weighted by molar-refractivity contribution is 4.96. The molecule has 1 aliphatic carbocycles. The molecule has 0 aliphatic heterocycles. The highest BCUT2D eigenvalue weighted by Gasteiger charge is 2.59. The summed E-state index contributed by atoms with van der Waals surface area (Å²) in [5.41, 5.74) is -1.85. The molecule has 0 aromatic rings. The van der Waals surface area contributed by atoms with Crippen molar-refractivity contribution in [1.82, 2.24) is 5.32 Å². The first-order valence-electron chi connectivity index (χ1n) is 3.87. The van der Waals surface area contributed by atoms with Gasteiger partial charge in [-0.05, 0) is 26.3 Å². The molecule has 1 fully saturated rings. The van der Waals surface area contributed by atoms with Gasteiger partial charge in [-0.2, -0.15) is 13.2 Å². The Morgan fingerprint density at radius 1 is 1.42 bits per heavy atom. The average molecular weight is 183 g/mol. The Morgan fingerprint density at radius 2 is 2.00 bits per heavy atom. The average Bonchev–Trinajstić information content (AvgIpc) is 1.82. The molecule has 0 unspecified atom stereocenters. The molecule has 1 rings (SSSR count). The van der Waals surface area contributed by atoms with E-state index in [1.165, 1.54) is 0 Å². The molecule has 1 saturated carbocycles. The van der Waals surface area contributed by atoms with Crippen LogP contribution in [0.3, 0.4) is 0 Å². The Hall–Kier alpha value is -0.290. The Labute approximate surface area is 69.1 Å². The van der Waals surface area contributed by atoms with Crippen molar-refractivity contribution in [3.63, 3.8) is 0 Å². The predicted molar refractivity (Wildman–Crippen MR) is 37.6 cm³/mol. The third kappa shape index (κ3) is 1.56. The first-order valence-corrected chi connectivity index (χ1v) is 3.87. The minimum absolute atomic E-state index is 0.0422. The van der Waals surface area contributed by atoms with Crippen LogP contribution in [0.5, 0.6) is 0 Å². The summed E-state index contributed by atoms with van der Waals surface area (Å²) in [7, 11) is 1.56. The molecule has 0 radical (unpaired) electrons. The molecule has 0 heterocycles. The van der Waals surface area contributed by atoms with Gasteiger partial charge in [0.05, 0.1) is 6.73 Å². The van der Waals surface area contributed by atoms with Gasteiger partial charge in [-0.15, -0.1) is 0 Å². The van der Waals surface area contributed by atoms with E-state index in [-0.39, 0.29) is 19.6 Å². The predicted octanol–water partition coefficient (Wildman–Crippen LogP) is 1.66. The summed E-state index contributed by atoms with van der Waals surface area (Å²) >= 11 is 0. The number of halogens is 3. The molecule has 5 heteroatoms. The van der Waals surface area contributed by atoms with Crippen LogP contribution in [0.4, 0.5) is 13.2 Å². The van der Waals surface area contributed by atoms with Crippen molar-refractivity contribution in [2.75, 3.05) is 13.8 Å². The molecule has 1 N–H and O–H groups in total. The second kappa shape index (κ2) is 3.22. The van der Waals surface area contributed by atoms with Gasteiger partial charge < -0.3 is 4.74 Å². The summed E-state index contributed by atoms with van der Waals surface area (Å²) in [6, 6.07) is 0. The quantitative estimate of drug-likeness (QED) is 0.672. The van der Waals surface area contributed by atoms with Gasteiger partial charge in [-0.1, -0.05) is 0 Å². The Balaban J connectivity index is 2.51. The lowest BCUT2D eigenvalue weighted by atomic mass is 9.79. The maximum absolute atomic E-state index is 12.3. The van der Waals surface area contributed by atoms with Gasteiger partial charge in [0.15, 0.2) is 5.60 Å². The van der Waals surface area contributed by atoms with E-state index in [1.807, 2.05) is 0 Å². The monoisotopic (exact) mass is 183 g/mol. The molecule has 2 nitrogen and oxygen atoms in total. The lowest BCUT2D eigenvalue weighted by Crippen LogP contribution is -2.54. The number of ether oxygens (including phenoxy) is 1. The Bertz CT molecular complexity index is 153. The van der Waals surface area contributed by atoms with Gasteiger partial charge in [0.1, 0.15) is 0 Å². The number of rotatable bonds is 3. The van der Waals surface area contributed by atoms with E-state index in [2.05, 4.69) is 5.32 Å². The summed E-state index contributed by atoms with van der Waals surface area (Å²) in [6.45, 7) is -0.0422. The first-order chi connectivity index (χ1) is 5.52. The van der Waals surface area contributed by atoms with Gasteiger partial charge in [-0.25, -0.2) is 0 Å². The fraction of sp³-hybridized carbons (Fsp3) is 1.00. The minimum atomic E-state index is -4.22.